The van der Waals surface area contributed by atoms with Crippen molar-refractivity contribution < 1.29 is 14.3 Å². The number of rotatable bonds is 4. The molecule has 2 heterocycles. The number of ether oxygens (including phenoxy) is 2. The molecule has 1 aromatic heterocycles. The lowest BCUT2D eigenvalue weighted by atomic mass is 10.1. The zero-order valence-corrected chi connectivity index (χ0v) is 14.7. The van der Waals surface area contributed by atoms with Crippen LogP contribution in [0.15, 0.2) is 45.8 Å². The van der Waals surface area contributed by atoms with Crippen LogP contribution in [0.2, 0.25) is 0 Å². The van der Waals surface area contributed by atoms with Crippen LogP contribution in [0.5, 0.6) is 11.5 Å². The highest BCUT2D eigenvalue weighted by Crippen LogP contribution is 2.32. The summed E-state index contributed by atoms with van der Waals surface area (Å²) in [5.41, 5.74) is 0.689. The number of amides is 1. The minimum absolute atomic E-state index is 0.0346. The average Bonchev–Trinajstić information content (AvgIpc) is 2.57. The summed E-state index contributed by atoms with van der Waals surface area (Å²) < 4.78 is 13.1. The minimum atomic E-state index is -0.238. The van der Waals surface area contributed by atoms with E-state index in [2.05, 4.69) is 21.2 Å². The molecule has 1 aliphatic heterocycles. The van der Waals surface area contributed by atoms with Crippen molar-refractivity contribution >= 4 is 21.8 Å². The van der Waals surface area contributed by atoms with Gasteiger partial charge in [-0.3, -0.25) is 9.59 Å². The number of aromatic nitrogens is 1. The second-order valence-electron chi connectivity index (χ2n) is 5.51. The summed E-state index contributed by atoms with van der Waals surface area (Å²) in [6, 6.07) is 8.45. The van der Waals surface area contributed by atoms with Gasteiger partial charge in [-0.25, -0.2) is 0 Å². The van der Waals surface area contributed by atoms with Gasteiger partial charge in [0.25, 0.3) is 5.56 Å². The number of carbonyl (C=O) groups excluding carboxylic acids is 1. The van der Waals surface area contributed by atoms with Crippen LogP contribution in [0.4, 0.5) is 0 Å². The number of hydrogen-bond acceptors (Lipinski definition) is 4. The van der Waals surface area contributed by atoms with Gasteiger partial charge in [0.15, 0.2) is 11.5 Å². The second kappa shape index (κ2) is 7.09. The number of halogens is 1. The van der Waals surface area contributed by atoms with Gasteiger partial charge in [-0.05, 0) is 46.6 Å². The summed E-state index contributed by atoms with van der Waals surface area (Å²) in [5.74, 6) is 1.16. The molecule has 1 aliphatic rings. The van der Waals surface area contributed by atoms with Crippen LogP contribution in [0.3, 0.4) is 0 Å². The monoisotopic (exact) mass is 392 g/mol. The van der Waals surface area contributed by atoms with E-state index in [1.54, 1.807) is 12.3 Å². The molecule has 1 amide bonds. The fourth-order valence-corrected chi connectivity index (χ4v) is 2.86. The maximum Gasteiger partial charge on any atom is 0.251 e. The zero-order valence-electron chi connectivity index (χ0n) is 13.1. The smallest absolute Gasteiger partial charge is 0.251 e. The Hall–Kier alpha value is -2.28. The molecule has 126 valence electrons. The Bertz CT molecular complexity index is 818. The van der Waals surface area contributed by atoms with Crippen molar-refractivity contribution in [1.82, 2.24) is 9.88 Å². The lowest BCUT2D eigenvalue weighted by molar-refractivity contribution is -0.122. The third-order valence-electron chi connectivity index (χ3n) is 3.71. The summed E-state index contributed by atoms with van der Waals surface area (Å²) >= 11 is 3.29. The first-order valence-corrected chi connectivity index (χ1v) is 8.37. The van der Waals surface area contributed by atoms with Crippen LogP contribution >= 0.6 is 15.9 Å². The van der Waals surface area contributed by atoms with Crippen molar-refractivity contribution in [3.63, 3.8) is 0 Å². The van der Waals surface area contributed by atoms with Crippen molar-refractivity contribution in [2.45, 2.75) is 19.5 Å². The minimum Gasteiger partial charge on any atom is -0.486 e. The molecule has 0 saturated heterocycles. The van der Waals surface area contributed by atoms with Gasteiger partial charge in [-0.15, -0.1) is 0 Å². The van der Waals surface area contributed by atoms with Gasteiger partial charge >= 0.3 is 0 Å². The number of hydrogen-bond donors (Lipinski definition) is 1. The first kappa shape index (κ1) is 16.6. The molecule has 0 radical (unpaired) electrons. The van der Waals surface area contributed by atoms with Gasteiger partial charge in [0.1, 0.15) is 19.8 Å². The molecule has 0 aliphatic carbocycles. The highest BCUT2D eigenvalue weighted by molar-refractivity contribution is 9.10. The highest BCUT2D eigenvalue weighted by Gasteiger charge is 2.16. The molecule has 24 heavy (non-hydrogen) atoms. The third-order valence-corrected chi connectivity index (χ3v) is 4.17. The first-order chi connectivity index (χ1) is 11.5. The summed E-state index contributed by atoms with van der Waals surface area (Å²) in [5, 5.41) is 2.89. The van der Waals surface area contributed by atoms with Crippen LogP contribution in [0.25, 0.3) is 0 Å². The molecule has 0 spiro atoms. The maximum absolute atomic E-state index is 12.2. The molecule has 6 nitrogen and oxygen atoms in total. The van der Waals surface area contributed by atoms with E-state index >= 15 is 0 Å². The summed E-state index contributed by atoms with van der Waals surface area (Å²) in [7, 11) is 0. The molecular weight excluding hydrogens is 376 g/mol. The van der Waals surface area contributed by atoms with Crippen LogP contribution in [-0.2, 0) is 11.3 Å². The fourth-order valence-electron chi connectivity index (χ4n) is 2.48. The normalized spacial score (nSPS) is 14.1. The number of fused-ring (bicyclic) bond motifs is 1. The van der Waals surface area contributed by atoms with Crippen molar-refractivity contribution in [3.05, 3.63) is 56.9 Å². The largest absolute Gasteiger partial charge is 0.486 e. The Balaban J connectivity index is 1.68. The van der Waals surface area contributed by atoms with Crippen molar-refractivity contribution in [1.29, 1.82) is 0 Å². The standard InChI is InChI=1S/C17H17BrN2O4/c1-11(12-2-4-14-15(8-12)24-7-6-23-14)19-16(21)10-20-9-13(18)3-5-17(20)22/h2-5,8-9,11H,6-7,10H2,1H3,(H,19,21)/t11-/m0/s1. The molecule has 0 unspecified atom stereocenters. The molecular formula is C17H17BrN2O4. The Morgan fingerprint density at radius 2 is 2.00 bits per heavy atom. The second-order valence-corrected chi connectivity index (χ2v) is 6.42. The maximum atomic E-state index is 12.2. The Labute approximate surface area is 147 Å². The van der Waals surface area contributed by atoms with Crippen molar-refractivity contribution in [2.24, 2.45) is 0 Å². The third kappa shape index (κ3) is 3.79. The first-order valence-electron chi connectivity index (χ1n) is 7.58. The number of nitrogens with zero attached hydrogens (tertiary/aromatic N) is 1. The predicted octanol–water partition coefficient (Wildman–Crippen LogP) is 2.26. The Morgan fingerprint density at radius 1 is 1.25 bits per heavy atom. The van der Waals surface area contributed by atoms with Crippen LogP contribution in [0.1, 0.15) is 18.5 Å². The molecule has 2 aromatic rings. The van der Waals surface area contributed by atoms with E-state index in [0.29, 0.717) is 24.7 Å². The van der Waals surface area contributed by atoms with Crippen molar-refractivity contribution in [3.8, 4) is 11.5 Å². The number of pyridine rings is 1. The van der Waals surface area contributed by atoms with E-state index in [4.69, 9.17) is 9.47 Å². The van der Waals surface area contributed by atoms with Crippen molar-refractivity contribution in [2.75, 3.05) is 13.2 Å². The van der Waals surface area contributed by atoms with E-state index in [-0.39, 0.29) is 24.1 Å². The average molecular weight is 393 g/mol. The van der Waals surface area contributed by atoms with Gasteiger partial charge in [0, 0.05) is 16.7 Å². The summed E-state index contributed by atoms with van der Waals surface area (Å²) in [6.45, 7) is 2.91. The van der Waals surface area contributed by atoms with E-state index in [1.165, 1.54) is 10.6 Å². The zero-order chi connectivity index (χ0) is 17.1. The van der Waals surface area contributed by atoms with E-state index in [1.807, 2.05) is 25.1 Å². The summed E-state index contributed by atoms with van der Waals surface area (Å²) in [6.07, 6.45) is 1.59. The topological polar surface area (TPSA) is 69.6 Å². The molecule has 1 atom stereocenters. The van der Waals surface area contributed by atoms with Crippen LogP contribution < -0.4 is 20.3 Å². The van der Waals surface area contributed by atoms with Gasteiger partial charge in [-0.2, -0.15) is 0 Å². The van der Waals surface area contributed by atoms with Gasteiger partial charge in [0.2, 0.25) is 5.91 Å². The number of nitrogens with one attached hydrogen (secondary N) is 1. The van der Waals surface area contributed by atoms with E-state index in [9.17, 15) is 9.59 Å². The number of benzene rings is 1. The lowest BCUT2D eigenvalue weighted by Crippen LogP contribution is -2.33. The molecule has 7 heteroatoms. The van der Waals surface area contributed by atoms with E-state index in [0.717, 1.165) is 10.0 Å². The van der Waals surface area contributed by atoms with Crippen LogP contribution in [0, 0.1) is 0 Å². The quantitative estimate of drug-likeness (QED) is 0.866. The molecule has 0 fully saturated rings. The Kier molecular flexibility index (Phi) is 4.89. The van der Waals surface area contributed by atoms with Gasteiger partial charge in [-0.1, -0.05) is 6.07 Å². The molecule has 1 N–H and O–H groups in total. The van der Waals surface area contributed by atoms with E-state index < -0.39 is 0 Å². The molecule has 0 bridgehead atoms. The highest BCUT2D eigenvalue weighted by atomic mass is 79.9. The molecule has 0 saturated carbocycles. The fraction of sp³-hybridized carbons (Fsp3) is 0.294. The van der Waals surface area contributed by atoms with Crippen LogP contribution in [-0.4, -0.2) is 23.7 Å². The van der Waals surface area contributed by atoms with Gasteiger partial charge < -0.3 is 19.4 Å². The lowest BCUT2D eigenvalue weighted by Gasteiger charge is -2.21. The predicted molar refractivity (Wildman–Crippen MR) is 92.4 cm³/mol. The van der Waals surface area contributed by atoms with Gasteiger partial charge in [0.05, 0.1) is 6.04 Å². The molecule has 1 aromatic carbocycles. The number of carbonyl (C=O) groups is 1. The summed E-state index contributed by atoms with van der Waals surface area (Å²) in [4.78, 5) is 24.0. The molecule has 3 rings (SSSR count). The SMILES string of the molecule is C[C@H](NC(=O)Cn1cc(Br)ccc1=O)c1ccc2c(c1)OCCO2. The Morgan fingerprint density at radius 3 is 2.79 bits per heavy atom.